The van der Waals surface area contributed by atoms with Gasteiger partial charge in [0, 0.05) is 13.1 Å². The van der Waals surface area contributed by atoms with Crippen molar-refractivity contribution in [2.24, 2.45) is 17.8 Å². The highest BCUT2D eigenvalue weighted by atomic mass is 16.3. The molecule has 2 saturated carbocycles. The smallest absolute Gasteiger partial charge is 0.258 e. The van der Waals surface area contributed by atoms with E-state index in [1.807, 2.05) is 0 Å². The number of likely N-dealkylation sites (tertiary alicyclic amines) is 1. The second kappa shape index (κ2) is 7.29. The van der Waals surface area contributed by atoms with E-state index in [0.717, 1.165) is 30.6 Å². The van der Waals surface area contributed by atoms with Crippen molar-refractivity contribution >= 4 is 11.8 Å². The predicted octanol–water partition coefficient (Wildman–Crippen LogP) is 2.94. The number of fused-ring (bicyclic) bond motifs is 2. The lowest BCUT2D eigenvalue weighted by Crippen LogP contribution is -2.46. The summed E-state index contributed by atoms with van der Waals surface area (Å²) < 4.78 is 0. The number of rotatable bonds is 5. The van der Waals surface area contributed by atoms with E-state index in [1.165, 1.54) is 31.7 Å². The van der Waals surface area contributed by atoms with Gasteiger partial charge in [-0.25, -0.2) is 0 Å². The van der Waals surface area contributed by atoms with E-state index in [4.69, 9.17) is 0 Å². The number of nitrogens with one attached hydrogen (secondary N) is 1. The van der Waals surface area contributed by atoms with Crippen LogP contribution in [0.1, 0.15) is 55.3 Å². The molecule has 1 aliphatic heterocycles. The van der Waals surface area contributed by atoms with Gasteiger partial charge in [0.25, 0.3) is 5.91 Å². The first kappa shape index (κ1) is 17.4. The Morgan fingerprint density at radius 1 is 1.15 bits per heavy atom. The molecule has 2 N–H and O–H groups in total. The monoisotopic (exact) mass is 356 g/mol. The molecule has 2 amide bonds. The Balaban J connectivity index is 1.32. The number of phenolic OH excluding ortho intramolecular Hbond substituents is 1. The standard InChI is InChI=1S/C21H28N2O3/c24-19-6-2-1-4-17(19)21(26)23-11-3-5-18(23)20(25)22-10-9-16-13-14-7-8-15(16)12-14/h1-2,4,6,14-16,18,24H,3,5,7-13H2,(H,22,25). The molecule has 140 valence electrons. The van der Waals surface area contributed by atoms with Crippen LogP contribution in [-0.2, 0) is 4.79 Å². The van der Waals surface area contributed by atoms with Crippen LogP contribution in [0, 0.1) is 17.8 Å². The lowest BCUT2D eigenvalue weighted by atomic mass is 9.86. The minimum Gasteiger partial charge on any atom is -0.507 e. The molecule has 26 heavy (non-hydrogen) atoms. The fourth-order valence-electron chi connectivity index (χ4n) is 5.32. The van der Waals surface area contributed by atoms with Crippen molar-refractivity contribution in [3.05, 3.63) is 29.8 Å². The summed E-state index contributed by atoms with van der Waals surface area (Å²) in [7, 11) is 0. The Morgan fingerprint density at radius 2 is 2.00 bits per heavy atom. The fourth-order valence-corrected chi connectivity index (χ4v) is 5.32. The molecule has 2 aliphatic carbocycles. The van der Waals surface area contributed by atoms with Gasteiger partial charge in [0.15, 0.2) is 0 Å². The topological polar surface area (TPSA) is 69.6 Å². The van der Waals surface area contributed by atoms with Gasteiger partial charge in [-0.1, -0.05) is 18.6 Å². The van der Waals surface area contributed by atoms with Crippen LogP contribution in [0.3, 0.4) is 0 Å². The summed E-state index contributed by atoms with van der Waals surface area (Å²) >= 11 is 0. The number of hydrogen-bond acceptors (Lipinski definition) is 3. The van der Waals surface area contributed by atoms with Crippen molar-refractivity contribution in [1.82, 2.24) is 10.2 Å². The largest absolute Gasteiger partial charge is 0.507 e. The third-order valence-electron chi connectivity index (χ3n) is 6.65. The van der Waals surface area contributed by atoms with Gasteiger partial charge in [-0.15, -0.1) is 0 Å². The predicted molar refractivity (Wildman–Crippen MR) is 98.7 cm³/mol. The molecule has 1 saturated heterocycles. The zero-order valence-electron chi connectivity index (χ0n) is 15.2. The Kier molecular flexibility index (Phi) is 4.88. The van der Waals surface area contributed by atoms with E-state index in [9.17, 15) is 14.7 Å². The number of aromatic hydroxyl groups is 1. The van der Waals surface area contributed by atoms with E-state index in [2.05, 4.69) is 5.32 Å². The number of amides is 2. The average molecular weight is 356 g/mol. The third kappa shape index (κ3) is 3.31. The zero-order valence-corrected chi connectivity index (χ0v) is 15.2. The molecule has 3 aliphatic rings. The first-order chi connectivity index (χ1) is 12.6. The van der Waals surface area contributed by atoms with Crippen LogP contribution >= 0.6 is 0 Å². The van der Waals surface area contributed by atoms with Crippen LogP contribution in [0.2, 0.25) is 0 Å². The van der Waals surface area contributed by atoms with Gasteiger partial charge in [-0.05, 0) is 68.4 Å². The maximum absolute atomic E-state index is 12.7. The number of para-hydroxylation sites is 1. The van der Waals surface area contributed by atoms with Gasteiger partial charge in [0.2, 0.25) is 5.91 Å². The molecule has 5 nitrogen and oxygen atoms in total. The number of carbonyl (C=O) groups is 2. The highest BCUT2D eigenvalue weighted by Gasteiger charge is 2.39. The molecule has 4 atom stereocenters. The van der Waals surface area contributed by atoms with Crippen molar-refractivity contribution in [2.45, 2.75) is 51.0 Å². The summed E-state index contributed by atoms with van der Waals surface area (Å²) in [6.45, 7) is 1.28. The van der Waals surface area contributed by atoms with Gasteiger partial charge in [0.1, 0.15) is 11.8 Å². The van der Waals surface area contributed by atoms with E-state index in [0.29, 0.717) is 19.5 Å². The highest BCUT2D eigenvalue weighted by molar-refractivity contribution is 5.99. The average Bonchev–Trinajstić information content (AvgIpc) is 3.38. The van der Waals surface area contributed by atoms with Crippen molar-refractivity contribution in [3.63, 3.8) is 0 Å². The number of nitrogens with zero attached hydrogens (tertiary/aromatic N) is 1. The zero-order chi connectivity index (χ0) is 18.1. The molecule has 1 aromatic carbocycles. The number of benzene rings is 1. The van der Waals surface area contributed by atoms with Gasteiger partial charge in [-0.3, -0.25) is 9.59 Å². The molecular formula is C21H28N2O3. The summed E-state index contributed by atoms with van der Waals surface area (Å²) in [5, 5.41) is 13.0. The van der Waals surface area contributed by atoms with Crippen LogP contribution in [-0.4, -0.2) is 41.0 Å². The van der Waals surface area contributed by atoms with Crippen LogP contribution in [0.5, 0.6) is 5.75 Å². The molecule has 1 aromatic rings. The molecule has 0 radical (unpaired) electrons. The maximum Gasteiger partial charge on any atom is 0.258 e. The summed E-state index contributed by atoms with van der Waals surface area (Å²) in [6, 6.07) is 6.12. The summed E-state index contributed by atoms with van der Waals surface area (Å²) in [5.74, 6) is 2.25. The number of phenols is 1. The molecule has 4 rings (SSSR count). The minimum absolute atomic E-state index is 0.0279. The highest BCUT2D eigenvalue weighted by Crippen LogP contribution is 2.49. The lowest BCUT2D eigenvalue weighted by molar-refractivity contribution is -0.124. The Morgan fingerprint density at radius 3 is 2.73 bits per heavy atom. The van der Waals surface area contributed by atoms with Crippen LogP contribution in [0.25, 0.3) is 0 Å². The second-order valence-electron chi connectivity index (χ2n) is 8.19. The van der Waals surface area contributed by atoms with Crippen LogP contribution in [0.15, 0.2) is 24.3 Å². The summed E-state index contributed by atoms with van der Waals surface area (Å²) in [5.41, 5.74) is 0.272. The van der Waals surface area contributed by atoms with Crippen LogP contribution < -0.4 is 5.32 Å². The minimum atomic E-state index is -0.415. The molecule has 0 aromatic heterocycles. The Bertz CT molecular complexity index is 690. The molecular weight excluding hydrogens is 328 g/mol. The van der Waals surface area contributed by atoms with Crippen LogP contribution in [0.4, 0.5) is 0 Å². The number of carbonyl (C=O) groups excluding carboxylic acids is 2. The molecule has 5 heteroatoms. The quantitative estimate of drug-likeness (QED) is 0.852. The van der Waals surface area contributed by atoms with Gasteiger partial charge in [0.05, 0.1) is 5.56 Å². The fraction of sp³-hybridized carbons (Fsp3) is 0.619. The summed E-state index contributed by atoms with van der Waals surface area (Å²) in [4.78, 5) is 27.0. The van der Waals surface area contributed by atoms with Gasteiger partial charge in [-0.2, -0.15) is 0 Å². The van der Waals surface area contributed by atoms with Gasteiger partial charge < -0.3 is 15.3 Å². The van der Waals surface area contributed by atoms with Crippen molar-refractivity contribution in [1.29, 1.82) is 0 Å². The van der Waals surface area contributed by atoms with E-state index >= 15 is 0 Å². The Hall–Kier alpha value is -2.04. The normalized spacial score (nSPS) is 29.9. The molecule has 3 fully saturated rings. The second-order valence-corrected chi connectivity index (χ2v) is 8.19. The molecule has 1 heterocycles. The van der Waals surface area contributed by atoms with Crippen molar-refractivity contribution in [2.75, 3.05) is 13.1 Å². The SMILES string of the molecule is O=C(NCCC1CC2CCC1C2)C1CCCN1C(=O)c1ccccc1O. The third-order valence-corrected chi connectivity index (χ3v) is 6.65. The Labute approximate surface area is 154 Å². The van der Waals surface area contributed by atoms with Crippen molar-refractivity contribution < 1.29 is 14.7 Å². The first-order valence-electron chi connectivity index (χ1n) is 10.00. The molecule has 4 unspecified atom stereocenters. The number of hydrogen-bond donors (Lipinski definition) is 2. The maximum atomic E-state index is 12.7. The van der Waals surface area contributed by atoms with E-state index in [1.54, 1.807) is 23.1 Å². The van der Waals surface area contributed by atoms with E-state index < -0.39 is 6.04 Å². The van der Waals surface area contributed by atoms with Gasteiger partial charge >= 0.3 is 0 Å². The lowest BCUT2D eigenvalue weighted by Gasteiger charge is -2.25. The molecule has 0 spiro atoms. The van der Waals surface area contributed by atoms with E-state index in [-0.39, 0.29) is 23.1 Å². The first-order valence-corrected chi connectivity index (χ1v) is 10.00. The summed E-state index contributed by atoms with van der Waals surface area (Å²) in [6.07, 6.45) is 8.08. The molecule has 2 bridgehead atoms. The van der Waals surface area contributed by atoms with Crippen molar-refractivity contribution in [3.8, 4) is 5.75 Å².